The molecular formula is C17H14ClFN2. The molecule has 3 rings (SSSR count). The molecule has 1 unspecified atom stereocenters. The van der Waals surface area contributed by atoms with E-state index >= 15 is 0 Å². The van der Waals surface area contributed by atoms with E-state index in [0.717, 1.165) is 16.8 Å². The van der Waals surface area contributed by atoms with Crippen molar-refractivity contribution in [3.05, 3.63) is 83.9 Å². The number of aromatic nitrogens is 2. The Bertz CT molecular complexity index is 724. The largest absolute Gasteiger partial charge is 0.241 e. The van der Waals surface area contributed by atoms with Crippen LogP contribution in [0.5, 0.6) is 0 Å². The van der Waals surface area contributed by atoms with Gasteiger partial charge < -0.3 is 0 Å². The first kappa shape index (κ1) is 13.8. The van der Waals surface area contributed by atoms with Crippen LogP contribution in [0.25, 0.3) is 5.69 Å². The van der Waals surface area contributed by atoms with Gasteiger partial charge in [-0.3, -0.25) is 0 Å². The Hall–Kier alpha value is -2.13. The summed E-state index contributed by atoms with van der Waals surface area (Å²) >= 11 is 6.42. The van der Waals surface area contributed by atoms with E-state index in [1.54, 1.807) is 16.9 Å². The fourth-order valence-corrected chi connectivity index (χ4v) is 2.50. The quantitative estimate of drug-likeness (QED) is 0.647. The van der Waals surface area contributed by atoms with Crippen molar-refractivity contribution in [2.45, 2.75) is 11.8 Å². The average molecular weight is 301 g/mol. The number of hydrogen-bond acceptors (Lipinski definition) is 1. The lowest BCUT2D eigenvalue weighted by atomic mass is 10.1. The van der Waals surface area contributed by atoms with Crippen molar-refractivity contribution in [1.82, 2.24) is 9.78 Å². The topological polar surface area (TPSA) is 17.8 Å². The van der Waals surface area contributed by atoms with Crippen molar-refractivity contribution < 1.29 is 4.39 Å². The lowest BCUT2D eigenvalue weighted by molar-refractivity contribution is 0.625. The molecule has 0 fully saturated rings. The van der Waals surface area contributed by atoms with Crippen LogP contribution in [0.15, 0.2) is 67.0 Å². The lowest BCUT2D eigenvalue weighted by Crippen LogP contribution is -1.96. The van der Waals surface area contributed by atoms with Crippen LogP contribution < -0.4 is 0 Å². The fraction of sp³-hybridized carbons (Fsp3) is 0.118. The molecule has 0 bridgehead atoms. The molecule has 0 saturated carbocycles. The van der Waals surface area contributed by atoms with Gasteiger partial charge in [-0.2, -0.15) is 5.10 Å². The van der Waals surface area contributed by atoms with Gasteiger partial charge in [-0.15, -0.1) is 11.6 Å². The van der Waals surface area contributed by atoms with Crippen molar-refractivity contribution in [2.75, 3.05) is 0 Å². The summed E-state index contributed by atoms with van der Waals surface area (Å²) in [6.07, 6.45) is 4.23. The van der Waals surface area contributed by atoms with Gasteiger partial charge in [0.15, 0.2) is 0 Å². The van der Waals surface area contributed by atoms with Gasteiger partial charge in [0.25, 0.3) is 0 Å². The first-order chi connectivity index (χ1) is 10.2. The van der Waals surface area contributed by atoms with Crippen LogP contribution >= 0.6 is 11.6 Å². The number of nitrogens with zero attached hydrogens (tertiary/aromatic N) is 2. The summed E-state index contributed by atoms with van der Waals surface area (Å²) in [5.74, 6) is -0.239. The van der Waals surface area contributed by atoms with Gasteiger partial charge in [0.05, 0.1) is 17.3 Å². The molecule has 0 spiro atoms. The van der Waals surface area contributed by atoms with Crippen molar-refractivity contribution >= 4 is 11.6 Å². The summed E-state index contributed by atoms with van der Waals surface area (Å²) in [4.78, 5) is 0. The number of benzene rings is 2. The minimum absolute atomic E-state index is 0.232. The predicted molar refractivity (Wildman–Crippen MR) is 82.3 cm³/mol. The minimum Gasteiger partial charge on any atom is -0.241 e. The molecule has 0 N–H and O–H groups in total. The number of alkyl halides is 1. The molecule has 0 aliphatic rings. The Balaban J connectivity index is 1.77. The summed E-state index contributed by atoms with van der Waals surface area (Å²) in [5.41, 5.74) is 2.78. The molecule has 0 saturated heterocycles. The molecule has 21 heavy (non-hydrogen) atoms. The first-order valence-electron chi connectivity index (χ1n) is 6.71. The summed E-state index contributed by atoms with van der Waals surface area (Å²) < 4.78 is 15.0. The molecule has 1 heterocycles. The van der Waals surface area contributed by atoms with Crippen LogP contribution in [0.4, 0.5) is 4.39 Å². The molecule has 2 aromatic carbocycles. The smallest absolute Gasteiger partial charge is 0.123 e. The molecule has 0 aliphatic heterocycles. The Labute approximate surface area is 127 Å². The third kappa shape index (κ3) is 3.31. The normalized spacial score (nSPS) is 12.3. The Morgan fingerprint density at radius 1 is 1.10 bits per heavy atom. The van der Waals surface area contributed by atoms with Crippen LogP contribution in [0.1, 0.15) is 16.5 Å². The molecule has 3 aromatic rings. The van der Waals surface area contributed by atoms with E-state index in [0.29, 0.717) is 6.42 Å². The van der Waals surface area contributed by atoms with Gasteiger partial charge in [0.1, 0.15) is 5.82 Å². The minimum atomic E-state index is -0.239. The second kappa shape index (κ2) is 6.10. The predicted octanol–water partition coefficient (Wildman–Crippen LogP) is 4.53. The van der Waals surface area contributed by atoms with Gasteiger partial charge in [0.2, 0.25) is 0 Å². The third-order valence-corrected chi connectivity index (χ3v) is 3.70. The zero-order valence-corrected chi connectivity index (χ0v) is 12.0. The molecule has 1 atom stereocenters. The highest BCUT2D eigenvalue weighted by molar-refractivity contribution is 6.20. The van der Waals surface area contributed by atoms with Crippen molar-refractivity contribution in [3.8, 4) is 5.69 Å². The summed E-state index contributed by atoms with van der Waals surface area (Å²) in [5, 5.41) is 4.09. The number of hydrogen-bond donors (Lipinski definition) is 0. The SMILES string of the molecule is Fc1cccc(CC(Cl)c2cnn(-c3ccccc3)c2)c1. The number of rotatable bonds is 4. The molecule has 1 aromatic heterocycles. The van der Waals surface area contributed by atoms with E-state index in [1.165, 1.54) is 12.1 Å². The van der Waals surface area contributed by atoms with E-state index in [1.807, 2.05) is 42.6 Å². The van der Waals surface area contributed by atoms with Crippen molar-refractivity contribution in [3.63, 3.8) is 0 Å². The number of halogens is 2. The van der Waals surface area contributed by atoms with Crippen LogP contribution in [-0.2, 0) is 6.42 Å². The second-order valence-corrected chi connectivity index (χ2v) is 5.38. The van der Waals surface area contributed by atoms with Gasteiger partial charge in [-0.25, -0.2) is 9.07 Å². The number of para-hydroxylation sites is 1. The Kier molecular flexibility index (Phi) is 4.02. The summed E-state index contributed by atoms with van der Waals surface area (Å²) in [7, 11) is 0. The molecule has 0 radical (unpaired) electrons. The Morgan fingerprint density at radius 2 is 1.90 bits per heavy atom. The summed E-state index contributed by atoms with van der Waals surface area (Å²) in [6.45, 7) is 0. The first-order valence-corrected chi connectivity index (χ1v) is 7.14. The van der Waals surface area contributed by atoms with Gasteiger partial charge >= 0.3 is 0 Å². The fourth-order valence-electron chi connectivity index (χ4n) is 2.21. The Morgan fingerprint density at radius 3 is 2.67 bits per heavy atom. The maximum Gasteiger partial charge on any atom is 0.123 e. The van der Waals surface area contributed by atoms with Crippen molar-refractivity contribution in [1.29, 1.82) is 0 Å². The molecule has 0 amide bonds. The standard InChI is InChI=1S/C17H14ClFN2/c18-17(10-13-5-4-6-15(19)9-13)14-11-20-21(12-14)16-7-2-1-3-8-16/h1-9,11-12,17H,10H2. The van der Waals surface area contributed by atoms with Gasteiger partial charge in [0, 0.05) is 11.8 Å². The van der Waals surface area contributed by atoms with E-state index in [4.69, 9.17) is 11.6 Å². The van der Waals surface area contributed by atoms with E-state index in [2.05, 4.69) is 5.10 Å². The lowest BCUT2D eigenvalue weighted by Gasteiger charge is -2.07. The van der Waals surface area contributed by atoms with Crippen LogP contribution in [0.3, 0.4) is 0 Å². The van der Waals surface area contributed by atoms with E-state index in [9.17, 15) is 4.39 Å². The van der Waals surface area contributed by atoms with E-state index in [-0.39, 0.29) is 11.2 Å². The molecule has 106 valence electrons. The zero-order chi connectivity index (χ0) is 14.7. The highest BCUT2D eigenvalue weighted by Gasteiger charge is 2.12. The third-order valence-electron chi connectivity index (χ3n) is 3.29. The molecule has 4 heteroatoms. The maximum atomic E-state index is 13.2. The average Bonchev–Trinajstić information content (AvgIpc) is 2.98. The van der Waals surface area contributed by atoms with Crippen LogP contribution in [0, 0.1) is 5.82 Å². The second-order valence-electron chi connectivity index (χ2n) is 4.86. The molecular weight excluding hydrogens is 287 g/mol. The monoisotopic (exact) mass is 300 g/mol. The maximum absolute atomic E-state index is 13.2. The van der Waals surface area contributed by atoms with Crippen molar-refractivity contribution in [2.24, 2.45) is 0 Å². The molecule has 2 nitrogen and oxygen atoms in total. The summed E-state index contributed by atoms with van der Waals surface area (Å²) in [6, 6.07) is 16.4. The molecule has 0 aliphatic carbocycles. The highest BCUT2D eigenvalue weighted by atomic mass is 35.5. The van der Waals surface area contributed by atoms with Crippen LogP contribution in [-0.4, -0.2) is 9.78 Å². The van der Waals surface area contributed by atoms with Gasteiger partial charge in [-0.1, -0.05) is 30.3 Å². The van der Waals surface area contributed by atoms with Gasteiger partial charge in [-0.05, 0) is 36.2 Å². The zero-order valence-electron chi connectivity index (χ0n) is 11.3. The van der Waals surface area contributed by atoms with Crippen LogP contribution in [0.2, 0.25) is 0 Å². The highest BCUT2D eigenvalue weighted by Crippen LogP contribution is 2.25. The van der Waals surface area contributed by atoms with E-state index < -0.39 is 0 Å².